The van der Waals surface area contributed by atoms with Crippen LogP contribution in [0.15, 0.2) is 18.2 Å². The smallest absolute Gasteiger partial charge is 0.113 e. The maximum Gasteiger partial charge on any atom is 0.113 e. The van der Waals surface area contributed by atoms with Gasteiger partial charge in [0.2, 0.25) is 0 Å². The highest BCUT2D eigenvalue weighted by molar-refractivity contribution is 9.09. The summed E-state index contributed by atoms with van der Waals surface area (Å²) in [6.45, 7) is 0. The fraction of sp³-hybridized carbons (Fsp3) is 0.333. The zero-order chi connectivity index (χ0) is 10.8. The molecule has 15 heavy (non-hydrogen) atoms. The summed E-state index contributed by atoms with van der Waals surface area (Å²) in [7, 11) is 0. The minimum atomic E-state index is -0.912. The number of fused-ring (bicyclic) bond motifs is 1. The summed E-state index contributed by atoms with van der Waals surface area (Å²) in [6.07, 6.45) is -1.74. The number of benzene rings is 1. The average Bonchev–Trinajstić information content (AvgIpc) is 2.73. The molecule has 1 aromatic carbocycles. The number of aromatic amines is 1. The van der Waals surface area contributed by atoms with Crippen LogP contribution in [-0.2, 0) is 0 Å². The summed E-state index contributed by atoms with van der Waals surface area (Å²) in [5.41, 5.74) is 2.04. The number of halogens is 1. The van der Waals surface area contributed by atoms with Crippen molar-refractivity contribution in [2.24, 2.45) is 0 Å². The van der Waals surface area contributed by atoms with Gasteiger partial charge in [-0.05, 0) is 17.7 Å². The highest BCUT2D eigenvalue weighted by Crippen LogP contribution is 2.21. The van der Waals surface area contributed by atoms with Crippen LogP contribution >= 0.6 is 15.9 Å². The van der Waals surface area contributed by atoms with Gasteiger partial charge >= 0.3 is 0 Å². The lowest BCUT2D eigenvalue weighted by atomic mass is 10.1. The number of aliphatic hydroxyl groups excluding tert-OH is 2. The molecule has 1 heterocycles. The summed E-state index contributed by atoms with van der Waals surface area (Å²) in [5, 5.41) is 29.8. The third-order valence-corrected chi connectivity index (χ3v) is 2.87. The molecular weight excluding hydrogens is 262 g/mol. The molecule has 2 aromatic rings. The fourth-order valence-corrected chi connectivity index (χ4v) is 1.70. The third kappa shape index (κ3) is 2.01. The van der Waals surface area contributed by atoms with Gasteiger partial charge in [0, 0.05) is 5.33 Å². The maximum absolute atomic E-state index is 9.75. The summed E-state index contributed by atoms with van der Waals surface area (Å²) in [6, 6.07) is 5.18. The Bertz CT molecular complexity index is 459. The monoisotopic (exact) mass is 271 g/mol. The minimum Gasteiger partial charge on any atom is -0.389 e. The lowest BCUT2D eigenvalue weighted by Crippen LogP contribution is -2.19. The van der Waals surface area contributed by atoms with E-state index in [0.717, 1.165) is 5.52 Å². The Morgan fingerprint density at radius 3 is 2.73 bits per heavy atom. The number of rotatable bonds is 3. The van der Waals surface area contributed by atoms with E-state index in [2.05, 4.69) is 31.3 Å². The van der Waals surface area contributed by atoms with Crippen molar-refractivity contribution in [1.82, 2.24) is 15.4 Å². The van der Waals surface area contributed by atoms with E-state index in [1.165, 1.54) is 0 Å². The van der Waals surface area contributed by atoms with Gasteiger partial charge in [-0.15, -0.1) is 0 Å². The zero-order valence-corrected chi connectivity index (χ0v) is 9.35. The van der Waals surface area contributed by atoms with Crippen molar-refractivity contribution in [1.29, 1.82) is 0 Å². The summed E-state index contributed by atoms with van der Waals surface area (Å²) in [5.74, 6) is 0. The molecule has 5 nitrogen and oxygen atoms in total. The number of aliphatic hydroxyl groups is 2. The first kappa shape index (κ1) is 10.5. The standard InChI is InChI=1S/C9H10BrN3O2/c10-4-8(14)9(15)5-1-2-6-7(3-5)12-13-11-6/h1-3,8-9,14-15H,4H2,(H,11,12,13). The first-order valence-corrected chi connectivity index (χ1v) is 5.57. The molecule has 0 aliphatic carbocycles. The molecule has 2 rings (SSSR count). The molecule has 0 saturated carbocycles. The van der Waals surface area contributed by atoms with E-state index in [1.807, 2.05) is 0 Å². The maximum atomic E-state index is 9.75. The molecule has 0 bridgehead atoms. The Labute approximate surface area is 94.2 Å². The molecule has 0 aliphatic rings. The molecule has 0 radical (unpaired) electrons. The highest BCUT2D eigenvalue weighted by Gasteiger charge is 2.17. The highest BCUT2D eigenvalue weighted by atomic mass is 79.9. The molecule has 0 fully saturated rings. The Balaban J connectivity index is 2.35. The Hall–Kier alpha value is -0.980. The molecular formula is C9H10BrN3O2. The van der Waals surface area contributed by atoms with Gasteiger partial charge in [-0.3, -0.25) is 0 Å². The number of H-pyrrole nitrogens is 1. The summed E-state index contributed by atoms with van der Waals surface area (Å²) in [4.78, 5) is 0. The van der Waals surface area contributed by atoms with Crippen LogP contribution in [-0.4, -0.2) is 37.1 Å². The van der Waals surface area contributed by atoms with Crippen LogP contribution < -0.4 is 0 Å². The number of nitrogens with zero attached hydrogens (tertiary/aromatic N) is 2. The quantitative estimate of drug-likeness (QED) is 0.720. The van der Waals surface area contributed by atoms with Crippen LogP contribution in [0.4, 0.5) is 0 Å². The van der Waals surface area contributed by atoms with E-state index in [4.69, 9.17) is 0 Å². The minimum absolute atomic E-state index is 0.324. The third-order valence-electron chi connectivity index (χ3n) is 2.20. The lowest BCUT2D eigenvalue weighted by Gasteiger charge is -2.15. The van der Waals surface area contributed by atoms with E-state index in [1.54, 1.807) is 18.2 Å². The normalized spacial score (nSPS) is 15.4. The second-order valence-corrected chi connectivity index (χ2v) is 3.89. The predicted octanol–water partition coefficient (Wildman–Crippen LogP) is 0.747. The van der Waals surface area contributed by atoms with Crippen molar-refractivity contribution in [3.63, 3.8) is 0 Å². The van der Waals surface area contributed by atoms with Gasteiger partial charge < -0.3 is 10.2 Å². The predicted molar refractivity (Wildman–Crippen MR) is 58.6 cm³/mol. The number of hydrogen-bond acceptors (Lipinski definition) is 4. The van der Waals surface area contributed by atoms with E-state index in [9.17, 15) is 10.2 Å². The zero-order valence-electron chi connectivity index (χ0n) is 7.76. The van der Waals surface area contributed by atoms with E-state index >= 15 is 0 Å². The van der Waals surface area contributed by atoms with E-state index in [0.29, 0.717) is 16.4 Å². The Morgan fingerprint density at radius 1 is 1.27 bits per heavy atom. The number of nitrogens with one attached hydrogen (secondary N) is 1. The molecule has 0 spiro atoms. The van der Waals surface area contributed by atoms with Crippen LogP contribution in [0.5, 0.6) is 0 Å². The SMILES string of the molecule is OC(CBr)C(O)c1ccc2n[nH]nc2c1. The van der Waals surface area contributed by atoms with Crippen LogP contribution in [0.1, 0.15) is 11.7 Å². The van der Waals surface area contributed by atoms with Gasteiger partial charge in [0.25, 0.3) is 0 Å². The van der Waals surface area contributed by atoms with Crippen molar-refractivity contribution in [3.05, 3.63) is 23.8 Å². The van der Waals surface area contributed by atoms with Gasteiger partial charge in [0.1, 0.15) is 17.1 Å². The Morgan fingerprint density at radius 2 is 2.00 bits per heavy atom. The second kappa shape index (κ2) is 4.26. The first-order chi connectivity index (χ1) is 7.22. The van der Waals surface area contributed by atoms with Crippen molar-refractivity contribution >= 4 is 27.0 Å². The van der Waals surface area contributed by atoms with Gasteiger partial charge in [-0.25, -0.2) is 0 Å². The van der Waals surface area contributed by atoms with Gasteiger partial charge in [0.15, 0.2) is 0 Å². The fourth-order valence-electron chi connectivity index (χ4n) is 1.35. The van der Waals surface area contributed by atoms with Gasteiger partial charge in [0.05, 0.1) is 6.10 Å². The number of alkyl halides is 1. The van der Waals surface area contributed by atoms with Crippen LogP contribution in [0.25, 0.3) is 11.0 Å². The summed E-state index contributed by atoms with van der Waals surface area (Å²) >= 11 is 3.11. The van der Waals surface area contributed by atoms with Crippen molar-refractivity contribution in [2.75, 3.05) is 5.33 Å². The average molecular weight is 272 g/mol. The van der Waals surface area contributed by atoms with Gasteiger partial charge in [-0.2, -0.15) is 15.4 Å². The largest absolute Gasteiger partial charge is 0.389 e. The molecule has 2 unspecified atom stereocenters. The van der Waals surface area contributed by atoms with Crippen molar-refractivity contribution in [3.8, 4) is 0 Å². The lowest BCUT2D eigenvalue weighted by molar-refractivity contribution is 0.0343. The molecule has 0 saturated heterocycles. The molecule has 0 amide bonds. The molecule has 1 aromatic heterocycles. The topological polar surface area (TPSA) is 82.0 Å². The first-order valence-electron chi connectivity index (χ1n) is 4.45. The van der Waals surface area contributed by atoms with Gasteiger partial charge in [-0.1, -0.05) is 22.0 Å². The van der Waals surface area contributed by atoms with Crippen LogP contribution in [0.2, 0.25) is 0 Å². The van der Waals surface area contributed by atoms with E-state index in [-0.39, 0.29) is 0 Å². The Kier molecular flexibility index (Phi) is 2.99. The molecule has 80 valence electrons. The number of aromatic nitrogens is 3. The van der Waals surface area contributed by atoms with Crippen LogP contribution in [0, 0.1) is 0 Å². The van der Waals surface area contributed by atoms with Crippen LogP contribution in [0.3, 0.4) is 0 Å². The number of hydrogen-bond donors (Lipinski definition) is 3. The summed E-state index contributed by atoms with van der Waals surface area (Å²) < 4.78 is 0. The molecule has 3 N–H and O–H groups in total. The van der Waals surface area contributed by atoms with E-state index < -0.39 is 12.2 Å². The van der Waals surface area contributed by atoms with Crippen molar-refractivity contribution in [2.45, 2.75) is 12.2 Å². The second-order valence-electron chi connectivity index (χ2n) is 3.24. The molecule has 2 atom stereocenters. The van der Waals surface area contributed by atoms with Crippen molar-refractivity contribution < 1.29 is 10.2 Å². The molecule has 0 aliphatic heterocycles. The molecule has 6 heteroatoms.